The number of fused-ring (bicyclic) bond motifs is 1. The van der Waals surface area contributed by atoms with Crippen LogP contribution < -0.4 is 10.1 Å². The smallest absolute Gasteiger partial charge is 0.232 e. The molecule has 0 bridgehead atoms. The highest BCUT2D eigenvalue weighted by atomic mass is 19.1. The molecule has 0 atom stereocenters. The maximum atomic E-state index is 13.3. The first-order chi connectivity index (χ1) is 12.7. The topological polar surface area (TPSA) is 51.5 Å². The molecule has 0 amide bonds. The molecule has 2 aromatic heterocycles. The van der Waals surface area contributed by atoms with Gasteiger partial charge in [0.15, 0.2) is 5.65 Å². The molecule has 4 rings (SSSR count). The molecule has 1 N–H and O–H groups in total. The van der Waals surface area contributed by atoms with Crippen molar-refractivity contribution in [2.24, 2.45) is 0 Å². The zero-order valence-corrected chi connectivity index (χ0v) is 14.2. The van der Waals surface area contributed by atoms with Gasteiger partial charge in [-0.1, -0.05) is 24.3 Å². The number of benzene rings is 2. The Kier molecular flexibility index (Phi) is 4.23. The molecular weight excluding hydrogens is 331 g/mol. The van der Waals surface area contributed by atoms with E-state index < -0.39 is 0 Å². The second-order valence-corrected chi connectivity index (χ2v) is 5.83. The molecule has 0 saturated carbocycles. The number of imidazole rings is 1. The SMILES string of the molecule is CNc1ccc(-c2cnc3ccc(OCc4cccc(F)c4)nn23)cc1. The number of nitrogens with zero attached hydrogens (tertiary/aromatic N) is 3. The standard InChI is InChI=1S/C20H17FN4O/c1-22-17-7-5-15(6-8-17)18-12-23-19-9-10-20(24-25(18)19)26-13-14-3-2-4-16(21)11-14/h2-12,22H,13H2,1H3. The van der Waals surface area contributed by atoms with Crippen LogP contribution in [0.5, 0.6) is 5.88 Å². The third-order valence-corrected chi connectivity index (χ3v) is 4.08. The predicted octanol–water partition coefficient (Wildman–Crippen LogP) is 4.16. The number of nitrogens with one attached hydrogen (secondary N) is 1. The van der Waals surface area contributed by atoms with Gasteiger partial charge in [-0.05, 0) is 35.9 Å². The van der Waals surface area contributed by atoms with Gasteiger partial charge in [-0.3, -0.25) is 0 Å². The second-order valence-electron chi connectivity index (χ2n) is 5.83. The number of hydrogen-bond acceptors (Lipinski definition) is 4. The first kappa shape index (κ1) is 16.1. The van der Waals surface area contributed by atoms with Crippen molar-refractivity contribution in [3.8, 4) is 17.1 Å². The Bertz CT molecular complexity index is 1040. The lowest BCUT2D eigenvalue weighted by atomic mass is 10.1. The molecular formula is C20H17FN4O. The fourth-order valence-electron chi connectivity index (χ4n) is 2.72. The molecule has 0 spiro atoms. The summed E-state index contributed by atoms with van der Waals surface area (Å²) in [5, 5.41) is 7.61. The summed E-state index contributed by atoms with van der Waals surface area (Å²) in [6.45, 7) is 0.247. The van der Waals surface area contributed by atoms with Crippen LogP contribution in [0.1, 0.15) is 5.56 Å². The van der Waals surface area contributed by atoms with Gasteiger partial charge in [0.1, 0.15) is 12.4 Å². The lowest BCUT2D eigenvalue weighted by molar-refractivity contribution is 0.288. The predicted molar refractivity (Wildman–Crippen MR) is 98.7 cm³/mol. The Morgan fingerprint density at radius 1 is 1.08 bits per heavy atom. The van der Waals surface area contributed by atoms with E-state index in [2.05, 4.69) is 15.4 Å². The third kappa shape index (κ3) is 3.21. The molecule has 0 saturated heterocycles. The second kappa shape index (κ2) is 6.84. The summed E-state index contributed by atoms with van der Waals surface area (Å²) in [7, 11) is 1.88. The van der Waals surface area contributed by atoms with Crippen LogP contribution in [0.4, 0.5) is 10.1 Å². The largest absolute Gasteiger partial charge is 0.472 e. The number of anilines is 1. The van der Waals surface area contributed by atoms with E-state index in [1.54, 1.807) is 22.8 Å². The van der Waals surface area contributed by atoms with E-state index in [-0.39, 0.29) is 12.4 Å². The van der Waals surface area contributed by atoms with E-state index in [0.717, 1.165) is 28.2 Å². The molecule has 130 valence electrons. The van der Waals surface area contributed by atoms with Gasteiger partial charge in [-0.15, -0.1) is 5.10 Å². The van der Waals surface area contributed by atoms with Crippen molar-refractivity contribution < 1.29 is 9.13 Å². The molecule has 0 radical (unpaired) electrons. The van der Waals surface area contributed by atoms with Crippen molar-refractivity contribution >= 4 is 11.3 Å². The zero-order chi connectivity index (χ0) is 17.9. The lowest BCUT2D eigenvalue weighted by Crippen LogP contribution is -2.01. The van der Waals surface area contributed by atoms with Crippen LogP contribution in [0.25, 0.3) is 16.9 Å². The summed E-state index contributed by atoms with van der Waals surface area (Å²) in [4.78, 5) is 4.39. The minimum atomic E-state index is -0.281. The molecule has 0 unspecified atom stereocenters. The number of ether oxygens (including phenoxy) is 1. The summed E-state index contributed by atoms with van der Waals surface area (Å²) in [5.41, 5.74) is 4.40. The van der Waals surface area contributed by atoms with Crippen LogP contribution >= 0.6 is 0 Å². The number of hydrogen-bond donors (Lipinski definition) is 1. The molecule has 26 heavy (non-hydrogen) atoms. The summed E-state index contributed by atoms with van der Waals surface area (Å²) in [6, 6.07) is 18.0. The molecule has 6 heteroatoms. The van der Waals surface area contributed by atoms with Crippen LogP contribution in [0.2, 0.25) is 0 Å². The van der Waals surface area contributed by atoms with E-state index in [9.17, 15) is 4.39 Å². The number of halogens is 1. The van der Waals surface area contributed by atoms with Gasteiger partial charge < -0.3 is 10.1 Å². The lowest BCUT2D eigenvalue weighted by Gasteiger charge is -2.07. The Morgan fingerprint density at radius 3 is 2.69 bits per heavy atom. The zero-order valence-electron chi connectivity index (χ0n) is 14.2. The first-order valence-electron chi connectivity index (χ1n) is 8.23. The molecule has 0 aliphatic heterocycles. The third-order valence-electron chi connectivity index (χ3n) is 4.08. The number of aromatic nitrogens is 3. The van der Waals surface area contributed by atoms with E-state index in [1.807, 2.05) is 43.4 Å². The molecule has 4 aromatic rings. The van der Waals surface area contributed by atoms with E-state index in [1.165, 1.54) is 12.1 Å². The Hall–Kier alpha value is -3.41. The first-order valence-corrected chi connectivity index (χ1v) is 8.23. The monoisotopic (exact) mass is 348 g/mol. The minimum absolute atomic E-state index is 0.247. The maximum absolute atomic E-state index is 13.3. The normalized spacial score (nSPS) is 10.8. The van der Waals surface area contributed by atoms with Gasteiger partial charge in [0.2, 0.25) is 5.88 Å². The molecule has 5 nitrogen and oxygen atoms in total. The summed E-state index contributed by atoms with van der Waals surface area (Å²) < 4.78 is 20.7. The Morgan fingerprint density at radius 2 is 1.92 bits per heavy atom. The quantitative estimate of drug-likeness (QED) is 0.588. The molecule has 2 heterocycles. The van der Waals surface area contributed by atoms with Gasteiger partial charge in [0.25, 0.3) is 0 Å². The summed E-state index contributed by atoms with van der Waals surface area (Å²) in [5.74, 6) is 0.171. The van der Waals surface area contributed by atoms with Gasteiger partial charge in [0.05, 0.1) is 11.9 Å². The van der Waals surface area contributed by atoms with Gasteiger partial charge in [-0.25, -0.2) is 13.9 Å². The van der Waals surface area contributed by atoms with Crippen molar-refractivity contribution in [1.29, 1.82) is 0 Å². The van der Waals surface area contributed by atoms with Crippen LogP contribution in [-0.2, 0) is 6.61 Å². The average molecular weight is 348 g/mol. The van der Waals surface area contributed by atoms with E-state index >= 15 is 0 Å². The molecule has 0 fully saturated rings. The average Bonchev–Trinajstić information content (AvgIpc) is 3.10. The molecule has 0 aliphatic rings. The molecule has 0 aliphatic carbocycles. The van der Waals surface area contributed by atoms with Crippen molar-refractivity contribution in [2.75, 3.05) is 12.4 Å². The molecule has 2 aromatic carbocycles. The highest BCUT2D eigenvalue weighted by Crippen LogP contribution is 2.23. The van der Waals surface area contributed by atoms with Crippen LogP contribution in [0.15, 0.2) is 66.9 Å². The van der Waals surface area contributed by atoms with Gasteiger partial charge >= 0.3 is 0 Å². The van der Waals surface area contributed by atoms with Crippen LogP contribution in [0.3, 0.4) is 0 Å². The Labute approximate surface area is 150 Å². The fraction of sp³-hybridized carbons (Fsp3) is 0.100. The Balaban J connectivity index is 1.61. The highest BCUT2D eigenvalue weighted by Gasteiger charge is 2.09. The fourth-order valence-corrected chi connectivity index (χ4v) is 2.72. The minimum Gasteiger partial charge on any atom is -0.472 e. The van der Waals surface area contributed by atoms with Crippen LogP contribution in [-0.4, -0.2) is 21.6 Å². The van der Waals surface area contributed by atoms with Crippen molar-refractivity contribution in [3.05, 3.63) is 78.2 Å². The maximum Gasteiger partial charge on any atom is 0.232 e. The van der Waals surface area contributed by atoms with Crippen molar-refractivity contribution in [3.63, 3.8) is 0 Å². The van der Waals surface area contributed by atoms with E-state index in [0.29, 0.717) is 5.88 Å². The van der Waals surface area contributed by atoms with Gasteiger partial charge in [0, 0.05) is 24.4 Å². The van der Waals surface area contributed by atoms with E-state index in [4.69, 9.17) is 4.74 Å². The van der Waals surface area contributed by atoms with Crippen LogP contribution in [0, 0.1) is 5.82 Å². The van der Waals surface area contributed by atoms with Gasteiger partial charge in [-0.2, -0.15) is 0 Å². The summed E-state index contributed by atoms with van der Waals surface area (Å²) >= 11 is 0. The highest BCUT2D eigenvalue weighted by molar-refractivity contribution is 5.65. The summed E-state index contributed by atoms with van der Waals surface area (Å²) in [6.07, 6.45) is 1.78. The van der Waals surface area contributed by atoms with Crippen molar-refractivity contribution in [2.45, 2.75) is 6.61 Å². The van der Waals surface area contributed by atoms with Crippen molar-refractivity contribution in [1.82, 2.24) is 14.6 Å². The number of rotatable bonds is 5.